The van der Waals surface area contributed by atoms with Crippen LogP contribution in [0.4, 0.5) is 4.39 Å². The van der Waals surface area contributed by atoms with Crippen molar-refractivity contribution in [1.29, 1.82) is 0 Å². The summed E-state index contributed by atoms with van der Waals surface area (Å²) in [5.74, 6) is -0.160. The summed E-state index contributed by atoms with van der Waals surface area (Å²) in [6.07, 6.45) is 2.38. The lowest BCUT2D eigenvalue weighted by atomic mass is 9.99. The number of ether oxygens (including phenoxy) is 3. The van der Waals surface area contributed by atoms with Crippen molar-refractivity contribution in [1.82, 2.24) is 20.1 Å². The van der Waals surface area contributed by atoms with E-state index in [4.69, 9.17) is 14.2 Å². The number of piperidine rings is 1. The van der Waals surface area contributed by atoms with Gasteiger partial charge in [-0.3, -0.25) is 14.4 Å². The number of rotatable bonds is 2. The monoisotopic (exact) mass is 614 g/mol. The molecule has 1 aromatic heterocycles. The number of fused-ring (bicyclic) bond motifs is 6. The SMILES string of the molecule is COc1ccc2cc1OCC(=O)N[C@@H]1CN(C(=O)c3cccc4c3ccn4C)CC[C@H]1Oc1cc(F)cc(c1)CNC(=O)CC2. The van der Waals surface area contributed by atoms with Crippen molar-refractivity contribution < 1.29 is 33.0 Å². The average Bonchev–Trinajstić information content (AvgIpc) is 3.42. The highest BCUT2D eigenvalue weighted by atomic mass is 19.1. The number of aromatic nitrogens is 1. The minimum atomic E-state index is -0.618. The van der Waals surface area contributed by atoms with E-state index in [1.54, 1.807) is 29.2 Å². The van der Waals surface area contributed by atoms with Crippen LogP contribution in [0, 0.1) is 5.82 Å². The molecule has 2 atom stereocenters. The number of nitrogens with one attached hydrogen (secondary N) is 2. The Hall–Kier alpha value is -5.06. The Morgan fingerprint density at radius 2 is 1.89 bits per heavy atom. The van der Waals surface area contributed by atoms with Gasteiger partial charge in [-0.2, -0.15) is 0 Å². The van der Waals surface area contributed by atoms with Gasteiger partial charge in [0, 0.05) is 68.3 Å². The Morgan fingerprint density at radius 1 is 1.02 bits per heavy atom. The van der Waals surface area contributed by atoms with E-state index < -0.39 is 23.9 Å². The molecule has 1 saturated heterocycles. The molecular formula is C34H35FN4O6. The predicted molar refractivity (Wildman–Crippen MR) is 165 cm³/mol. The number of hydrogen-bond donors (Lipinski definition) is 2. The number of nitrogens with zero attached hydrogens (tertiary/aromatic N) is 2. The van der Waals surface area contributed by atoms with Gasteiger partial charge in [0.1, 0.15) is 17.7 Å². The molecule has 45 heavy (non-hydrogen) atoms. The topological polar surface area (TPSA) is 111 Å². The summed E-state index contributed by atoms with van der Waals surface area (Å²) in [4.78, 5) is 41.4. The third-order valence-corrected chi connectivity index (χ3v) is 8.28. The maximum absolute atomic E-state index is 14.6. The molecule has 0 saturated carbocycles. The summed E-state index contributed by atoms with van der Waals surface area (Å²) in [7, 11) is 3.44. The zero-order chi connectivity index (χ0) is 31.5. The van der Waals surface area contributed by atoms with Gasteiger partial charge >= 0.3 is 0 Å². The highest BCUT2D eigenvalue weighted by Crippen LogP contribution is 2.29. The van der Waals surface area contributed by atoms with Crippen LogP contribution in [0.15, 0.2) is 66.9 Å². The Balaban J connectivity index is 1.28. The van der Waals surface area contributed by atoms with E-state index >= 15 is 0 Å². The van der Waals surface area contributed by atoms with E-state index in [1.807, 2.05) is 42.1 Å². The second-order valence-electron chi connectivity index (χ2n) is 11.4. The molecule has 4 aromatic rings. The molecule has 3 aromatic carbocycles. The number of amides is 3. The molecule has 10 nitrogen and oxygen atoms in total. The summed E-state index contributed by atoms with van der Waals surface area (Å²) in [5.41, 5.74) is 2.90. The zero-order valence-electron chi connectivity index (χ0n) is 25.2. The molecule has 2 aliphatic heterocycles. The first-order valence-electron chi connectivity index (χ1n) is 14.9. The fraction of sp³-hybridized carbons (Fsp3) is 0.324. The first-order valence-corrected chi connectivity index (χ1v) is 14.9. The van der Waals surface area contributed by atoms with E-state index in [0.717, 1.165) is 16.5 Å². The summed E-state index contributed by atoms with van der Waals surface area (Å²) < 4.78 is 34.2. The second-order valence-corrected chi connectivity index (χ2v) is 11.4. The van der Waals surface area contributed by atoms with Gasteiger partial charge in [0.2, 0.25) is 5.91 Å². The maximum Gasteiger partial charge on any atom is 0.258 e. The average molecular weight is 615 g/mol. The summed E-state index contributed by atoms with van der Waals surface area (Å²) in [5, 5.41) is 6.69. The van der Waals surface area contributed by atoms with E-state index in [1.165, 1.54) is 19.2 Å². The molecule has 3 heterocycles. The van der Waals surface area contributed by atoms with Gasteiger partial charge in [0.15, 0.2) is 18.1 Å². The van der Waals surface area contributed by atoms with Crippen molar-refractivity contribution in [3.05, 3.63) is 89.4 Å². The number of methoxy groups -OCH3 is 1. The molecule has 0 unspecified atom stereocenters. The fourth-order valence-corrected chi connectivity index (χ4v) is 5.95. The Labute approximate surface area is 260 Å². The number of likely N-dealkylation sites (tertiary alicyclic amines) is 1. The molecule has 2 aliphatic rings. The highest BCUT2D eigenvalue weighted by Gasteiger charge is 2.35. The van der Waals surface area contributed by atoms with Gasteiger partial charge in [0.25, 0.3) is 11.8 Å². The normalized spacial score (nSPS) is 19.2. The Morgan fingerprint density at radius 3 is 2.73 bits per heavy atom. The number of halogens is 1. The number of benzene rings is 3. The molecule has 11 heteroatoms. The zero-order valence-corrected chi connectivity index (χ0v) is 25.2. The molecule has 6 rings (SSSR count). The second kappa shape index (κ2) is 12.9. The van der Waals surface area contributed by atoms with E-state index in [2.05, 4.69) is 10.6 Å². The van der Waals surface area contributed by atoms with Gasteiger partial charge in [0.05, 0.1) is 13.2 Å². The highest BCUT2D eigenvalue weighted by molar-refractivity contribution is 6.06. The Bertz CT molecular complexity index is 1750. The van der Waals surface area contributed by atoms with Crippen LogP contribution in [0.5, 0.6) is 17.2 Å². The third-order valence-electron chi connectivity index (χ3n) is 8.28. The number of aryl methyl sites for hydroxylation is 2. The van der Waals surface area contributed by atoms with Crippen LogP contribution in [0.2, 0.25) is 0 Å². The fourth-order valence-electron chi connectivity index (χ4n) is 5.95. The van der Waals surface area contributed by atoms with Gasteiger partial charge in [-0.25, -0.2) is 4.39 Å². The van der Waals surface area contributed by atoms with Crippen molar-refractivity contribution in [2.45, 2.75) is 38.0 Å². The van der Waals surface area contributed by atoms with Crippen molar-refractivity contribution in [2.24, 2.45) is 7.05 Å². The minimum absolute atomic E-state index is 0.127. The van der Waals surface area contributed by atoms with E-state index in [9.17, 15) is 18.8 Å². The van der Waals surface area contributed by atoms with Gasteiger partial charge in [-0.15, -0.1) is 0 Å². The van der Waals surface area contributed by atoms with Crippen molar-refractivity contribution in [3.63, 3.8) is 0 Å². The largest absolute Gasteiger partial charge is 0.493 e. The van der Waals surface area contributed by atoms with Crippen molar-refractivity contribution >= 4 is 28.6 Å². The standard InChI is InChI=1S/C34H35FN4O6/c1-38-12-10-25-26(4-3-5-28(25)38)34(42)39-13-11-29-27(19-39)37-33(41)20-44-31-16-21(6-8-30(31)43-2)7-9-32(40)36-18-22-14-23(35)17-24(15-22)45-29/h3-6,8,10,12,14-17,27,29H,7,9,11,13,18-20H2,1-2H3,(H,36,40)(H,37,41)/t27-,29-/m1/s1. The smallest absolute Gasteiger partial charge is 0.258 e. The molecule has 234 valence electrons. The van der Waals surface area contributed by atoms with Crippen LogP contribution in [0.25, 0.3) is 10.9 Å². The van der Waals surface area contributed by atoms with Gasteiger partial charge < -0.3 is 34.3 Å². The van der Waals surface area contributed by atoms with Crippen LogP contribution in [0.1, 0.15) is 34.3 Å². The van der Waals surface area contributed by atoms with Crippen molar-refractivity contribution in [2.75, 3.05) is 26.8 Å². The lowest BCUT2D eigenvalue weighted by Gasteiger charge is -2.39. The number of carbonyl (C=O) groups is 3. The molecule has 4 bridgehead atoms. The quantitative estimate of drug-likeness (QED) is 0.356. The van der Waals surface area contributed by atoms with Gasteiger partial charge in [-0.05, 0) is 60.0 Å². The van der Waals surface area contributed by atoms with Crippen molar-refractivity contribution in [3.8, 4) is 17.2 Å². The Kier molecular flexibility index (Phi) is 8.59. The molecule has 0 aliphatic carbocycles. The number of hydrogen-bond acceptors (Lipinski definition) is 6. The summed E-state index contributed by atoms with van der Waals surface area (Å²) >= 11 is 0. The van der Waals surface area contributed by atoms with Crippen LogP contribution in [-0.4, -0.2) is 66.1 Å². The molecule has 0 radical (unpaired) electrons. The molecular weight excluding hydrogens is 579 g/mol. The third kappa shape index (κ3) is 6.72. The first kappa shape index (κ1) is 30.0. The number of carbonyl (C=O) groups excluding carboxylic acids is 3. The van der Waals surface area contributed by atoms with E-state index in [-0.39, 0.29) is 43.7 Å². The molecule has 3 amide bonds. The first-order chi connectivity index (χ1) is 21.8. The molecule has 2 N–H and O–H groups in total. The maximum atomic E-state index is 14.6. The molecule has 0 spiro atoms. The van der Waals surface area contributed by atoms with Gasteiger partial charge in [-0.1, -0.05) is 12.1 Å². The summed E-state index contributed by atoms with van der Waals surface area (Å²) in [6, 6.07) is 16.5. The van der Waals surface area contributed by atoms with Crippen LogP contribution < -0.4 is 24.8 Å². The van der Waals surface area contributed by atoms with Crippen LogP contribution in [-0.2, 0) is 29.6 Å². The predicted octanol–water partition coefficient (Wildman–Crippen LogP) is 3.75. The minimum Gasteiger partial charge on any atom is -0.493 e. The summed E-state index contributed by atoms with van der Waals surface area (Å²) in [6.45, 7) is 0.361. The lowest BCUT2D eigenvalue weighted by molar-refractivity contribution is -0.125. The van der Waals surface area contributed by atoms with Crippen LogP contribution in [0.3, 0.4) is 0 Å². The molecule has 1 fully saturated rings. The van der Waals surface area contributed by atoms with Crippen LogP contribution >= 0.6 is 0 Å². The lowest BCUT2D eigenvalue weighted by Crippen LogP contribution is -2.58. The van der Waals surface area contributed by atoms with E-state index in [0.29, 0.717) is 42.0 Å².